The van der Waals surface area contributed by atoms with E-state index in [0.717, 1.165) is 5.82 Å². The van der Waals surface area contributed by atoms with E-state index in [1.54, 1.807) is 17.1 Å². The van der Waals surface area contributed by atoms with E-state index >= 15 is 0 Å². The third kappa shape index (κ3) is 2.33. The van der Waals surface area contributed by atoms with Crippen LogP contribution in [0, 0.1) is 0 Å². The Hall–Kier alpha value is -1.43. The molecule has 0 bridgehead atoms. The van der Waals surface area contributed by atoms with Crippen LogP contribution in [-0.2, 0) is 7.05 Å². The summed E-state index contributed by atoms with van der Waals surface area (Å²) in [5.41, 5.74) is 0. The highest BCUT2D eigenvalue weighted by atomic mass is 32.1. The fourth-order valence-corrected chi connectivity index (χ4v) is 1.74. The van der Waals surface area contributed by atoms with E-state index in [9.17, 15) is 0 Å². The third-order valence-corrected chi connectivity index (χ3v) is 2.43. The lowest BCUT2D eigenvalue weighted by molar-refractivity contribution is 0.475. The van der Waals surface area contributed by atoms with Crippen LogP contribution in [0.15, 0.2) is 12.4 Å². The standard InChI is InChI=1S/C9H12N4OS/c1-6(2)8-11-9(15-12-8)14-7-4-10-13(3)5-7/h4-6H,1-3H3. The minimum absolute atomic E-state index is 0.326. The number of aromatic nitrogens is 4. The van der Waals surface area contributed by atoms with Crippen molar-refractivity contribution >= 4 is 11.5 Å². The van der Waals surface area contributed by atoms with E-state index in [1.165, 1.54) is 11.5 Å². The van der Waals surface area contributed by atoms with Gasteiger partial charge in [0.1, 0.15) is 5.82 Å². The smallest absolute Gasteiger partial charge is 0.298 e. The molecule has 0 aliphatic carbocycles. The summed E-state index contributed by atoms with van der Waals surface area (Å²) in [6, 6.07) is 0. The Bertz CT molecular complexity index is 448. The molecule has 0 aliphatic heterocycles. The van der Waals surface area contributed by atoms with E-state index in [0.29, 0.717) is 16.9 Å². The van der Waals surface area contributed by atoms with Gasteiger partial charge in [0.15, 0.2) is 5.75 Å². The predicted octanol–water partition coefficient (Wildman–Crippen LogP) is 2.19. The maximum atomic E-state index is 5.49. The van der Waals surface area contributed by atoms with Crippen LogP contribution in [0.1, 0.15) is 25.6 Å². The molecule has 0 saturated carbocycles. The lowest BCUT2D eigenvalue weighted by atomic mass is 10.2. The number of hydrogen-bond acceptors (Lipinski definition) is 5. The molecule has 5 nitrogen and oxygen atoms in total. The zero-order valence-electron chi connectivity index (χ0n) is 8.84. The second-order valence-electron chi connectivity index (χ2n) is 3.52. The van der Waals surface area contributed by atoms with Crippen LogP contribution in [0.5, 0.6) is 10.9 Å². The summed E-state index contributed by atoms with van der Waals surface area (Å²) in [7, 11) is 1.84. The Labute approximate surface area is 91.9 Å². The largest absolute Gasteiger partial charge is 0.426 e. The number of rotatable bonds is 3. The highest BCUT2D eigenvalue weighted by Crippen LogP contribution is 2.24. The Morgan fingerprint density at radius 1 is 1.47 bits per heavy atom. The van der Waals surface area contributed by atoms with Crippen molar-refractivity contribution in [3.05, 3.63) is 18.2 Å². The second kappa shape index (κ2) is 3.98. The van der Waals surface area contributed by atoms with Crippen molar-refractivity contribution in [3.63, 3.8) is 0 Å². The number of ether oxygens (including phenoxy) is 1. The molecule has 0 spiro atoms. The second-order valence-corrected chi connectivity index (χ2v) is 4.24. The van der Waals surface area contributed by atoms with Crippen molar-refractivity contribution in [1.29, 1.82) is 0 Å². The Morgan fingerprint density at radius 2 is 2.27 bits per heavy atom. The fraction of sp³-hybridized carbons (Fsp3) is 0.444. The summed E-state index contributed by atoms with van der Waals surface area (Å²) in [4.78, 5) is 4.26. The summed E-state index contributed by atoms with van der Waals surface area (Å²) in [6.07, 6.45) is 3.44. The highest BCUT2D eigenvalue weighted by Gasteiger charge is 2.09. The normalized spacial score (nSPS) is 10.9. The third-order valence-electron chi connectivity index (χ3n) is 1.83. The van der Waals surface area contributed by atoms with Crippen molar-refractivity contribution in [1.82, 2.24) is 19.1 Å². The molecule has 0 aromatic carbocycles. The molecule has 0 radical (unpaired) electrons. The first-order chi connectivity index (χ1) is 7.15. The summed E-state index contributed by atoms with van der Waals surface area (Å²) >= 11 is 1.26. The molecule has 0 atom stereocenters. The van der Waals surface area contributed by atoms with Crippen molar-refractivity contribution in [2.75, 3.05) is 0 Å². The summed E-state index contributed by atoms with van der Waals surface area (Å²) < 4.78 is 11.4. The molecule has 2 rings (SSSR count). The van der Waals surface area contributed by atoms with E-state index < -0.39 is 0 Å². The van der Waals surface area contributed by atoms with Gasteiger partial charge in [-0.3, -0.25) is 4.68 Å². The van der Waals surface area contributed by atoms with Crippen LogP contribution in [0.2, 0.25) is 0 Å². The highest BCUT2D eigenvalue weighted by molar-refractivity contribution is 7.07. The van der Waals surface area contributed by atoms with Gasteiger partial charge in [-0.25, -0.2) is 0 Å². The molecule has 0 fully saturated rings. The molecule has 0 unspecified atom stereocenters. The topological polar surface area (TPSA) is 52.8 Å². The predicted molar refractivity (Wildman–Crippen MR) is 57.3 cm³/mol. The van der Waals surface area contributed by atoms with Gasteiger partial charge in [0.2, 0.25) is 0 Å². The summed E-state index contributed by atoms with van der Waals surface area (Å²) in [5.74, 6) is 1.83. The Morgan fingerprint density at radius 3 is 2.80 bits per heavy atom. The van der Waals surface area contributed by atoms with Crippen molar-refractivity contribution in [2.24, 2.45) is 7.05 Å². The van der Waals surface area contributed by atoms with E-state index in [1.807, 2.05) is 7.05 Å². The van der Waals surface area contributed by atoms with Crippen LogP contribution in [0.3, 0.4) is 0 Å². The molecule has 0 N–H and O–H groups in total. The Balaban J connectivity index is 2.11. The van der Waals surface area contributed by atoms with Crippen LogP contribution >= 0.6 is 11.5 Å². The molecule has 0 amide bonds. The first-order valence-corrected chi connectivity index (χ1v) is 5.42. The zero-order valence-corrected chi connectivity index (χ0v) is 9.65. The van der Waals surface area contributed by atoms with Gasteiger partial charge >= 0.3 is 0 Å². The van der Waals surface area contributed by atoms with E-state index in [-0.39, 0.29) is 0 Å². The quantitative estimate of drug-likeness (QED) is 0.802. The number of aryl methyl sites for hydroxylation is 1. The molecule has 2 aromatic heterocycles. The van der Waals surface area contributed by atoms with Crippen molar-refractivity contribution in [2.45, 2.75) is 19.8 Å². The van der Waals surface area contributed by atoms with Gasteiger partial charge in [-0.2, -0.15) is 14.5 Å². The molecular weight excluding hydrogens is 212 g/mol. The van der Waals surface area contributed by atoms with Crippen LogP contribution in [-0.4, -0.2) is 19.1 Å². The van der Waals surface area contributed by atoms with Gasteiger partial charge in [-0.05, 0) is 0 Å². The lowest BCUT2D eigenvalue weighted by Gasteiger charge is -1.96. The van der Waals surface area contributed by atoms with Gasteiger partial charge < -0.3 is 4.74 Å². The molecule has 80 valence electrons. The minimum Gasteiger partial charge on any atom is -0.426 e. The number of nitrogens with zero attached hydrogens (tertiary/aromatic N) is 4. The molecule has 6 heteroatoms. The van der Waals surface area contributed by atoms with E-state index in [4.69, 9.17) is 4.74 Å². The van der Waals surface area contributed by atoms with E-state index in [2.05, 4.69) is 28.3 Å². The maximum Gasteiger partial charge on any atom is 0.298 e. The Kier molecular flexibility index (Phi) is 2.68. The van der Waals surface area contributed by atoms with Gasteiger partial charge in [-0.15, -0.1) is 0 Å². The molecule has 0 aliphatic rings. The van der Waals surface area contributed by atoms with Crippen molar-refractivity contribution < 1.29 is 4.74 Å². The molecule has 15 heavy (non-hydrogen) atoms. The average Bonchev–Trinajstić information content (AvgIpc) is 2.76. The monoisotopic (exact) mass is 224 g/mol. The van der Waals surface area contributed by atoms with Gasteiger partial charge in [0, 0.05) is 24.5 Å². The first-order valence-electron chi connectivity index (χ1n) is 4.65. The molecule has 0 saturated heterocycles. The lowest BCUT2D eigenvalue weighted by Crippen LogP contribution is -1.89. The molecular formula is C9H12N4OS. The van der Waals surface area contributed by atoms with Crippen molar-refractivity contribution in [3.8, 4) is 10.9 Å². The average molecular weight is 224 g/mol. The van der Waals surface area contributed by atoms with Gasteiger partial charge in [0.25, 0.3) is 5.19 Å². The summed E-state index contributed by atoms with van der Waals surface area (Å²) in [6.45, 7) is 4.10. The van der Waals surface area contributed by atoms with Gasteiger partial charge in [-0.1, -0.05) is 13.8 Å². The molecule has 2 heterocycles. The van der Waals surface area contributed by atoms with Crippen LogP contribution in [0.4, 0.5) is 0 Å². The zero-order chi connectivity index (χ0) is 10.8. The SMILES string of the molecule is CC(C)c1nsc(Oc2cnn(C)c2)n1. The van der Waals surface area contributed by atoms with Crippen LogP contribution in [0.25, 0.3) is 0 Å². The van der Waals surface area contributed by atoms with Gasteiger partial charge in [0.05, 0.1) is 12.4 Å². The summed E-state index contributed by atoms with van der Waals surface area (Å²) in [5, 5.41) is 4.56. The first kappa shape index (κ1) is 10.1. The fourth-order valence-electron chi connectivity index (χ4n) is 1.05. The molecule has 2 aromatic rings. The minimum atomic E-state index is 0.326. The number of hydrogen-bond donors (Lipinski definition) is 0. The van der Waals surface area contributed by atoms with Crippen LogP contribution < -0.4 is 4.74 Å². The maximum absolute atomic E-state index is 5.49.